The summed E-state index contributed by atoms with van der Waals surface area (Å²) in [4.78, 5) is 13.7. The number of aromatic nitrogens is 2. The van der Waals surface area contributed by atoms with E-state index < -0.39 is 10.0 Å². The molecule has 1 aliphatic rings. The highest BCUT2D eigenvalue weighted by molar-refractivity contribution is 7.89. The Morgan fingerprint density at radius 2 is 2.09 bits per heavy atom. The molecular formula is C15H26N4O3S. The number of likely N-dealkylation sites (tertiary alicyclic amines) is 1. The van der Waals surface area contributed by atoms with E-state index in [1.807, 2.05) is 27.1 Å². The Morgan fingerprint density at radius 1 is 1.39 bits per heavy atom. The number of aryl methyl sites for hydroxylation is 1. The monoisotopic (exact) mass is 342 g/mol. The fraction of sp³-hybridized carbons (Fsp3) is 0.733. The lowest BCUT2D eigenvalue weighted by molar-refractivity contribution is -0.136. The Labute approximate surface area is 138 Å². The molecule has 2 rings (SSSR count). The summed E-state index contributed by atoms with van der Waals surface area (Å²) in [5.74, 6) is 0.327. The molecule has 1 amide bonds. The Hall–Kier alpha value is -1.41. The molecule has 1 aliphatic heterocycles. The van der Waals surface area contributed by atoms with Gasteiger partial charge in [0.05, 0.1) is 18.0 Å². The van der Waals surface area contributed by atoms with Crippen LogP contribution in [0.15, 0.2) is 12.4 Å². The predicted octanol–water partition coefficient (Wildman–Crippen LogP) is 0.905. The molecule has 130 valence electrons. The predicted molar refractivity (Wildman–Crippen MR) is 88.1 cm³/mol. The normalized spacial score (nSPS) is 22.8. The molecule has 0 bridgehead atoms. The van der Waals surface area contributed by atoms with E-state index in [1.165, 1.54) is 0 Å². The van der Waals surface area contributed by atoms with Crippen LogP contribution in [-0.2, 0) is 21.9 Å². The summed E-state index contributed by atoms with van der Waals surface area (Å²) in [5, 5.41) is 4.17. The molecular weight excluding hydrogens is 316 g/mol. The van der Waals surface area contributed by atoms with Gasteiger partial charge in [0.25, 0.3) is 0 Å². The highest BCUT2D eigenvalue weighted by Crippen LogP contribution is 2.35. The highest BCUT2D eigenvalue weighted by atomic mass is 32.2. The Morgan fingerprint density at radius 3 is 2.65 bits per heavy atom. The molecule has 0 saturated carbocycles. The summed E-state index contributed by atoms with van der Waals surface area (Å²) >= 11 is 0. The number of sulfonamides is 1. The van der Waals surface area contributed by atoms with Gasteiger partial charge < -0.3 is 4.90 Å². The molecule has 1 N–H and O–H groups in total. The van der Waals surface area contributed by atoms with E-state index in [4.69, 9.17) is 0 Å². The summed E-state index contributed by atoms with van der Waals surface area (Å²) in [5.41, 5.74) is 0.941. The van der Waals surface area contributed by atoms with Crippen LogP contribution in [0.5, 0.6) is 0 Å². The van der Waals surface area contributed by atoms with Crippen LogP contribution in [0, 0.1) is 11.8 Å². The minimum atomic E-state index is -3.29. The van der Waals surface area contributed by atoms with Crippen molar-refractivity contribution in [2.75, 3.05) is 19.3 Å². The number of carbonyl (C=O) groups excluding carboxylic acids is 1. The van der Waals surface area contributed by atoms with E-state index in [2.05, 4.69) is 9.82 Å². The third-order valence-corrected chi connectivity index (χ3v) is 5.88. The molecule has 23 heavy (non-hydrogen) atoms. The van der Waals surface area contributed by atoms with Crippen LogP contribution in [-0.4, -0.2) is 48.4 Å². The fourth-order valence-corrected chi connectivity index (χ4v) is 4.61. The first-order valence-corrected chi connectivity index (χ1v) is 9.56. The Kier molecular flexibility index (Phi) is 5.46. The van der Waals surface area contributed by atoms with Crippen molar-refractivity contribution in [2.45, 2.75) is 32.7 Å². The van der Waals surface area contributed by atoms with Crippen LogP contribution in [0.4, 0.5) is 0 Å². The van der Waals surface area contributed by atoms with Gasteiger partial charge in [0.1, 0.15) is 0 Å². The smallest absolute Gasteiger partial charge is 0.222 e. The number of nitrogens with one attached hydrogen (secondary N) is 1. The van der Waals surface area contributed by atoms with Gasteiger partial charge in [-0.05, 0) is 18.3 Å². The van der Waals surface area contributed by atoms with E-state index in [1.54, 1.807) is 22.8 Å². The van der Waals surface area contributed by atoms with Crippen LogP contribution in [0.1, 0.15) is 38.3 Å². The second-order valence-corrected chi connectivity index (χ2v) is 8.57. The van der Waals surface area contributed by atoms with Gasteiger partial charge in [-0.15, -0.1) is 0 Å². The first-order chi connectivity index (χ1) is 10.7. The summed E-state index contributed by atoms with van der Waals surface area (Å²) in [7, 11) is 0.315. The Balaban J connectivity index is 2.13. The number of carbonyl (C=O) groups is 1. The zero-order valence-electron chi connectivity index (χ0n) is 14.2. The van der Waals surface area contributed by atoms with Crippen LogP contribution < -0.4 is 4.72 Å². The molecule has 0 unspecified atom stereocenters. The van der Waals surface area contributed by atoms with Gasteiger partial charge in [-0.1, -0.05) is 13.8 Å². The zero-order valence-corrected chi connectivity index (χ0v) is 15.0. The van der Waals surface area contributed by atoms with Crippen molar-refractivity contribution >= 4 is 15.9 Å². The lowest BCUT2D eigenvalue weighted by Gasteiger charge is -2.38. The highest BCUT2D eigenvalue weighted by Gasteiger charge is 2.35. The second kappa shape index (κ2) is 7.00. The van der Waals surface area contributed by atoms with Crippen LogP contribution >= 0.6 is 0 Å². The fourth-order valence-electron chi connectivity index (χ4n) is 3.15. The van der Waals surface area contributed by atoms with Crippen LogP contribution in [0.25, 0.3) is 0 Å². The average molecular weight is 342 g/mol. The molecule has 1 saturated heterocycles. The molecule has 1 aromatic rings. The second-order valence-electron chi connectivity index (χ2n) is 6.72. The van der Waals surface area contributed by atoms with Crippen molar-refractivity contribution in [2.24, 2.45) is 18.9 Å². The van der Waals surface area contributed by atoms with Crippen molar-refractivity contribution in [3.63, 3.8) is 0 Å². The van der Waals surface area contributed by atoms with Gasteiger partial charge in [0.2, 0.25) is 15.9 Å². The number of hydrogen-bond donors (Lipinski definition) is 1. The third kappa shape index (κ3) is 4.54. The van der Waals surface area contributed by atoms with Crippen LogP contribution in [0.3, 0.4) is 0 Å². The van der Waals surface area contributed by atoms with E-state index in [-0.39, 0.29) is 29.5 Å². The maximum Gasteiger partial charge on any atom is 0.222 e. The lowest BCUT2D eigenvalue weighted by atomic mass is 9.86. The minimum Gasteiger partial charge on any atom is -0.338 e. The lowest BCUT2D eigenvalue weighted by Crippen LogP contribution is -2.44. The van der Waals surface area contributed by atoms with Crippen LogP contribution in [0.2, 0.25) is 0 Å². The standard InChI is InChI=1S/C15H26N4O3S/c1-11(2)10-23(21,22)17-8-12-5-6-14(20)19(4)15(12)13-7-16-18(3)9-13/h7,9,11-12,15,17H,5-6,8,10H2,1-4H3/t12-,15+/m1/s1. The molecule has 1 aromatic heterocycles. The van der Waals surface area contributed by atoms with Gasteiger partial charge >= 0.3 is 0 Å². The van der Waals surface area contributed by atoms with Gasteiger partial charge in [-0.25, -0.2) is 13.1 Å². The molecule has 1 fully saturated rings. The summed E-state index contributed by atoms with van der Waals surface area (Å²) in [6.45, 7) is 4.10. The first kappa shape index (κ1) is 17.9. The molecule has 0 radical (unpaired) electrons. The molecule has 7 nitrogen and oxygen atoms in total. The summed E-state index contributed by atoms with van der Waals surface area (Å²) in [6.07, 6.45) is 4.75. The number of piperidine rings is 1. The van der Waals surface area contributed by atoms with E-state index in [0.717, 1.165) is 5.56 Å². The molecule has 0 aromatic carbocycles. The number of hydrogen-bond acceptors (Lipinski definition) is 4. The van der Waals surface area contributed by atoms with Gasteiger partial charge in [-0.2, -0.15) is 5.10 Å². The molecule has 2 atom stereocenters. The van der Waals surface area contributed by atoms with Crippen molar-refractivity contribution in [1.29, 1.82) is 0 Å². The van der Waals surface area contributed by atoms with Crippen molar-refractivity contribution in [1.82, 2.24) is 19.4 Å². The van der Waals surface area contributed by atoms with Crippen molar-refractivity contribution in [3.8, 4) is 0 Å². The molecule has 2 heterocycles. The van der Waals surface area contributed by atoms with E-state index in [0.29, 0.717) is 19.4 Å². The largest absolute Gasteiger partial charge is 0.338 e. The Bertz CT molecular complexity index is 653. The molecule has 8 heteroatoms. The summed E-state index contributed by atoms with van der Waals surface area (Å²) in [6, 6.07) is -0.147. The quantitative estimate of drug-likeness (QED) is 0.833. The topological polar surface area (TPSA) is 84.3 Å². The summed E-state index contributed by atoms with van der Waals surface area (Å²) < 4.78 is 28.5. The first-order valence-electron chi connectivity index (χ1n) is 7.91. The van der Waals surface area contributed by atoms with Gasteiger partial charge in [-0.3, -0.25) is 9.48 Å². The average Bonchev–Trinajstić information content (AvgIpc) is 2.85. The maximum atomic E-state index is 12.1. The number of rotatable bonds is 6. The van der Waals surface area contributed by atoms with Crippen molar-refractivity contribution < 1.29 is 13.2 Å². The number of amides is 1. The van der Waals surface area contributed by atoms with Crippen molar-refractivity contribution in [3.05, 3.63) is 18.0 Å². The maximum absolute atomic E-state index is 12.1. The third-order valence-electron chi connectivity index (χ3n) is 4.17. The van der Waals surface area contributed by atoms with E-state index >= 15 is 0 Å². The molecule has 0 aliphatic carbocycles. The minimum absolute atomic E-state index is 0.0452. The number of nitrogens with zero attached hydrogens (tertiary/aromatic N) is 3. The van der Waals surface area contributed by atoms with Gasteiger partial charge in [0.15, 0.2) is 0 Å². The van der Waals surface area contributed by atoms with E-state index in [9.17, 15) is 13.2 Å². The SMILES string of the molecule is CC(C)CS(=O)(=O)NC[C@H]1CCC(=O)N(C)[C@@H]1c1cnn(C)c1. The molecule has 0 spiro atoms. The zero-order chi connectivity index (χ0) is 17.2. The van der Waals surface area contributed by atoms with Gasteiger partial charge in [0, 0.05) is 38.8 Å².